The highest BCUT2D eigenvalue weighted by Crippen LogP contribution is 2.24. The molecule has 184 valence electrons. The van der Waals surface area contributed by atoms with Crippen molar-refractivity contribution in [2.75, 3.05) is 32.1 Å². The first-order valence-electron chi connectivity index (χ1n) is 10.8. The molecule has 12 heteroatoms. The molecule has 0 spiro atoms. The van der Waals surface area contributed by atoms with Gasteiger partial charge >= 0.3 is 11.8 Å². The number of carbonyl (C=O) groups excluding carboxylic acids is 3. The third-order valence-corrected chi connectivity index (χ3v) is 6.16. The van der Waals surface area contributed by atoms with Crippen LogP contribution in [0.5, 0.6) is 0 Å². The lowest BCUT2D eigenvalue weighted by molar-refractivity contribution is -0.136. The van der Waals surface area contributed by atoms with E-state index >= 15 is 0 Å². The SMILES string of the molecule is CN1CCc2nc(C(=O)N[C@@H](CNC(=O)C(=O)Nc3ccc(Cl)cn3)COC(C)(C)C)sc2C1. The van der Waals surface area contributed by atoms with Crippen LogP contribution in [0.1, 0.15) is 41.1 Å². The molecular weight excluding hydrogens is 480 g/mol. The van der Waals surface area contributed by atoms with Gasteiger partial charge in [-0.2, -0.15) is 0 Å². The second-order valence-electron chi connectivity index (χ2n) is 9.00. The third-order valence-electron chi connectivity index (χ3n) is 4.85. The van der Waals surface area contributed by atoms with Crippen molar-refractivity contribution >= 4 is 46.5 Å². The predicted octanol–water partition coefficient (Wildman–Crippen LogP) is 1.85. The minimum atomic E-state index is -0.881. The average molecular weight is 509 g/mol. The molecule has 1 atom stereocenters. The van der Waals surface area contributed by atoms with Crippen LogP contribution in [-0.2, 0) is 27.3 Å². The van der Waals surface area contributed by atoms with Gasteiger partial charge in [-0.3, -0.25) is 14.4 Å². The Bertz CT molecular complexity index is 1040. The Morgan fingerprint density at radius 3 is 2.71 bits per heavy atom. The minimum Gasteiger partial charge on any atom is -0.374 e. The maximum absolute atomic E-state index is 12.9. The van der Waals surface area contributed by atoms with Crippen molar-refractivity contribution in [1.29, 1.82) is 0 Å². The highest BCUT2D eigenvalue weighted by Gasteiger charge is 2.25. The second kappa shape index (κ2) is 11.2. The topological polar surface area (TPSA) is 126 Å². The molecule has 3 rings (SSSR count). The predicted molar refractivity (Wildman–Crippen MR) is 130 cm³/mol. The Labute approximate surface area is 207 Å². The Morgan fingerprint density at radius 1 is 1.26 bits per heavy atom. The summed E-state index contributed by atoms with van der Waals surface area (Å²) in [6, 6.07) is 2.46. The zero-order valence-corrected chi connectivity index (χ0v) is 21.2. The third kappa shape index (κ3) is 7.73. The number of fused-ring (bicyclic) bond motifs is 1. The molecule has 3 N–H and O–H groups in total. The summed E-state index contributed by atoms with van der Waals surface area (Å²) in [5, 5.41) is 8.59. The average Bonchev–Trinajstić information content (AvgIpc) is 3.19. The Balaban J connectivity index is 1.60. The summed E-state index contributed by atoms with van der Waals surface area (Å²) in [5.41, 5.74) is 0.506. The van der Waals surface area contributed by atoms with E-state index in [1.165, 1.54) is 23.6 Å². The number of nitrogens with one attached hydrogen (secondary N) is 3. The van der Waals surface area contributed by atoms with E-state index in [-0.39, 0.29) is 24.9 Å². The molecule has 3 heterocycles. The van der Waals surface area contributed by atoms with Gasteiger partial charge in [0.05, 0.1) is 29.0 Å². The van der Waals surface area contributed by atoms with Gasteiger partial charge in [0.1, 0.15) is 5.82 Å². The first kappa shape index (κ1) is 26.0. The van der Waals surface area contributed by atoms with Crippen molar-refractivity contribution in [3.05, 3.63) is 38.9 Å². The fourth-order valence-corrected chi connectivity index (χ4v) is 4.29. The van der Waals surface area contributed by atoms with Crippen LogP contribution in [-0.4, -0.2) is 71.0 Å². The van der Waals surface area contributed by atoms with Crippen molar-refractivity contribution in [1.82, 2.24) is 25.5 Å². The molecule has 0 saturated carbocycles. The van der Waals surface area contributed by atoms with E-state index in [4.69, 9.17) is 16.3 Å². The molecular formula is C22H29ClN6O4S. The number of hydrogen-bond donors (Lipinski definition) is 3. The van der Waals surface area contributed by atoms with Crippen LogP contribution in [0.3, 0.4) is 0 Å². The van der Waals surface area contributed by atoms with Gasteiger partial charge in [0.15, 0.2) is 5.01 Å². The van der Waals surface area contributed by atoms with Crippen molar-refractivity contribution < 1.29 is 19.1 Å². The van der Waals surface area contributed by atoms with Crippen LogP contribution < -0.4 is 16.0 Å². The smallest absolute Gasteiger partial charge is 0.314 e. The molecule has 0 aromatic carbocycles. The Hall–Kier alpha value is -2.60. The Kier molecular flexibility index (Phi) is 8.58. The quantitative estimate of drug-likeness (QED) is 0.487. The number of carbonyl (C=O) groups is 3. The maximum Gasteiger partial charge on any atom is 0.314 e. The normalized spacial score (nSPS) is 14.7. The first-order valence-corrected chi connectivity index (χ1v) is 12.0. The number of rotatable bonds is 7. The maximum atomic E-state index is 12.9. The van der Waals surface area contributed by atoms with Gasteiger partial charge in [-0.25, -0.2) is 9.97 Å². The summed E-state index contributed by atoms with van der Waals surface area (Å²) in [4.78, 5) is 49.0. The van der Waals surface area contributed by atoms with Gasteiger partial charge in [-0.15, -0.1) is 11.3 Å². The lowest BCUT2D eigenvalue weighted by Gasteiger charge is -2.25. The van der Waals surface area contributed by atoms with E-state index in [9.17, 15) is 14.4 Å². The van der Waals surface area contributed by atoms with Crippen LogP contribution >= 0.6 is 22.9 Å². The van der Waals surface area contributed by atoms with Crippen LogP contribution in [0.25, 0.3) is 0 Å². The van der Waals surface area contributed by atoms with Gasteiger partial charge in [0, 0.05) is 37.1 Å². The van der Waals surface area contributed by atoms with Crippen molar-refractivity contribution in [2.24, 2.45) is 0 Å². The molecule has 1 aliphatic rings. The van der Waals surface area contributed by atoms with Crippen LogP contribution in [0.2, 0.25) is 5.02 Å². The number of ether oxygens (including phenoxy) is 1. The molecule has 3 amide bonds. The zero-order chi connectivity index (χ0) is 24.9. The van der Waals surface area contributed by atoms with E-state index in [1.54, 1.807) is 6.07 Å². The van der Waals surface area contributed by atoms with Crippen molar-refractivity contribution in [2.45, 2.75) is 45.4 Å². The van der Waals surface area contributed by atoms with E-state index in [0.717, 1.165) is 30.1 Å². The van der Waals surface area contributed by atoms with E-state index in [2.05, 4.69) is 30.8 Å². The molecule has 2 aromatic rings. The monoisotopic (exact) mass is 508 g/mol. The molecule has 10 nitrogen and oxygen atoms in total. The molecule has 2 aromatic heterocycles. The molecule has 0 fully saturated rings. The summed E-state index contributed by atoms with van der Waals surface area (Å²) in [5.74, 6) is -1.88. The number of anilines is 1. The van der Waals surface area contributed by atoms with Crippen molar-refractivity contribution in [3.63, 3.8) is 0 Å². The van der Waals surface area contributed by atoms with Crippen LogP contribution in [0.15, 0.2) is 18.3 Å². The van der Waals surface area contributed by atoms with Crippen LogP contribution in [0.4, 0.5) is 5.82 Å². The van der Waals surface area contributed by atoms with Gasteiger partial charge in [-0.05, 0) is 40.0 Å². The van der Waals surface area contributed by atoms with Gasteiger partial charge in [-0.1, -0.05) is 11.6 Å². The number of nitrogens with zero attached hydrogens (tertiary/aromatic N) is 3. The second-order valence-corrected chi connectivity index (χ2v) is 10.5. The number of halogens is 1. The highest BCUT2D eigenvalue weighted by atomic mass is 35.5. The van der Waals surface area contributed by atoms with Gasteiger partial charge in [0.25, 0.3) is 5.91 Å². The van der Waals surface area contributed by atoms with Gasteiger partial charge in [0.2, 0.25) is 0 Å². The summed E-state index contributed by atoms with van der Waals surface area (Å²) in [6.45, 7) is 7.48. The number of amides is 3. The Morgan fingerprint density at radius 2 is 2.03 bits per heavy atom. The highest BCUT2D eigenvalue weighted by molar-refractivity contribution is 7.13. The summed E-state index contributed by atoms with van der Waals surface area (Å²) in [6.07, 6.45) is 2.17. The largest absolute Gasteiger partial charge is 0.374 e. The zero-order valence-electron chi connectivity index (χ0n) is 19.6. The first-order chi connectivity index (χ1) is 16.0. The summed E-state index contributed by atoms with van der Waals surface area (Å²) >= 11 is 7.14. The molecule has 0 unspecified atom stereocenters. The number of thiazole rings is 1. The molecule has 0 aliphatic carbocycles. The molecule has 0 saturated heterocycles. The number of hydrogen-bond acceptors (Lipinski definition) is 8. The molecule has 1 aliphatic heterocycles. The fourth-order valence-electron chi connectivity index (χ4n) is 3.09. The minimum absolute atomic E-state index is 0.00402. The van der Waals surface area contributed by atoms with E-state index < -0.39 is 23.5 Å². The molecule has 0 radical (unpaired) electrons. The summed E-state index contributed by atoms with van der Waals surface area (Å²) < 4.78 is 5.81. The number of pyridine rings is 1. The van der Waals surface area contributed by atoms with Crippen LogP contribution in [0, 0.1) is 0 Å². The number of aromatic nitrogens is 2. The standard InChI is InChI=1S/C22H29ClN6O4S/c1-22(2,3)33-12-14(10-25-18(30)19(31)28-17-6-5-13(23)9-24-17)26-20(32)21-27-15-7-8-29(4)11-16(15)34-21/h5-6,9,14H,7-8,10-12H2,1-4H3,(H,25,30)(H,26,32)(H,24,28,31)/t14-/m0/s1. The lowest BCUT2D eigenvalue weighted by atomic mass is 10.2. The summed E-state index contributed by atoms with van der Waals surface area (Å²) in [7, 11) is 2.03. The van der Waals surface area contributed by atoms with E-state index in [1.807, 2.05) is 27.8 Å². The molecule has 0 bridgehead atoms. The lowest BCUT2D eigenvalue weighted by Crippen LogP contribution is -2.49. The number of likely N-dealkylation sites (N-methyl/N-ethyl adjacent to an activating group) is 1. The van der Waals surface area contributed by atoms with E-state index in [0.29, 0.717) is 10.0 Å². The van der Waals surface area contributed by atoms with Crippen molar-refractivity contribution in [3.8, 4) is 0 Å². The van der Waals surface area contributed by atoms with Gasteiger partial charge < -0.3 is 25.6 Å². The molecule has 34 heavy (non-hydrogen) atoms. The fraction of sp³-hybridized carbons (Fsp3) is 0.500.